The van der Waals surface area contributed by atoms with Crippen molar-refractivity contribution in [1.29, 1.82) is 0 Å². The number of aliphatic carboxylic acids is 1. The van der Waals surface area contributed by atoms with Crippen molar-refractivity contribution < 1.29 is 14.7 Å². The third kappa shape index (κ3) is 2.82. The highest BCUT2D eigenvalue weighted by Gasteiger charge is 2.19. The fourth-order valence-corrected chi connectivity index (χ4v) is 1.36. The zero-order valence-electron chi connectivity index (χ0n) is 9.52. The minimum atomic E-state index is -1.05. The molecule has 6 heteroatoms. The Bertz CT molecular complexity index is 411. The zero-order chi connectivity index (χ0) is 12.3. The maximum Gasteiger partial charge on any atom is 0.328 e. The first kappa shape index (κ1) is 12.2. The second-order valence-electron chi connectivity index (χ2n) is 3.66. The molecule has 0 spiro atoms. The summed E-state index contributed by atoms with van der Waals surface area (Å²) in [6.07, 6.45) is 1.57. The van der Waals surface area contributed by atoms with Crippen molar-refractivity contribution >= 4 is 11.9 Å². The van der Waals surface area contributed by atoms with E-state index in [1.54, 1.807) is 10.9 Å². The Balaban J connectivity index is 2.79. The molecule has 0 radical (unpaired) electrons. The van der Waals surface area contributed by atoms with Crippen LogP contribution >= 0.6 is 0 Å². The van der Waals surface area contributed by atoms with E-state index in [0.29, 0.717) is 0 Å². The summed E-state index contributed by atoms with van der Waals surface area (Å²) >= 11 is 0. The molecule has 16 heavy (non-hydrogen) atoms. The van der Waals surface area contributed by atoms with Crippen molar-refractivity contribution in [2.45, 2.75) is 33.4 Å². The van der Waals surface area contributed by atoms with E-state index in [2.05, 4.69) is 10.3 Å². The van der Waals surface area contributed by atoms with Gasteiger partial charge >= 0.3 is 5.97 Å². The van der Waals surface area contributed by atoms with Crippen LogP contribution in [0.2, 0.25) is 0 Å². The van der Waals surface area contributed by atoms with E-state index in [1.807, 2.05) is 13.8 Å². The van der Waals surface area contributed by atoms with Gasteiger partial charge < -0.3 is 15.0 Å². The monoisotopic (exact) mass is 225 g/mol. The normalized spacial score (nSPS) is 12.2. The Labute approximate surface area is 93.3 Å². The highest BCUT2D eigenvalue weighted by molar-refractivity contribution is 5.81. The predicted molar refractivity (Wildman–Crippen MR) is 56.9 cm³/mol. The molecular weight excluding hydrogens is 210 g/mol. The summed E-state index contributed by atoms with van der Waals surface area (Å²) in [5.74, 6) is -1.41. The summed E-state index contributed by atoms with van der Waals surface area (Å²) < 4.78 is 1.71. The van der Waals surface area contributed by atoms with Gasteiger partial charge in [0.2, 0.25) is 5.91 Å². The molecule has 6 nitrogen and oxygen atoms in total. The van der Waals surface area contributed by atoms with E-state index in [9.17, 15) is 9.59 Å². The number of nitrogens with zero attached hydrogens (tertiary/aromatic N) is 2. The van der Waals surface area contributed by atoms with E-state index in [0.717, 1.165) is 11.4 Å². The molecule has 0 aliphatic heterocycles. The van der Waals surface area contributed by atoms with Gasteiger partial charge in [0, 0.05) is 12.6 Å². The molecule has 1 aromatic rings. The highest BCUT2D eigenvalue weighted by Crippen LogP contribution is 2.05. The number of nitrogens with one attached hydrogen (secondary N) is 1. The van der Waals surface area contributed by atoms with Gasteiger partial charge in [-0.2, -0.15) is 0 Å². The van der Waals surface area contributed by atoms with Gasteiger partial charge in [-0.3, -0.25) is 4.79 Å². The van der Waals surface area contributed by atoms with Crippen LogP contribution in [0, 0.1) is 13.8 Å². The Morgan fingerprint density at radius 2 is 2.19 bits per heavy atom. The third-order valence-corrected chi connectivity index (χ3v) is 2.40. The third-order valence-electron chi connectivity index (χ3n) is 2.40. The summed E-state index contributed by atoms with van der Waals surface area (Å²) in [5.41, 5.74) is 1.75. The van der Waals surface area contributed by atoms with Crippen LogP contribution in [0.15, 0.2) is 6.33 Å². The molecule has 1 unspecified atom stereocenters. The van der Waals surface area contributed by atoms with Crippen LogP contribution in [-0.2, 0) is 16.1 Å². The molecule has 0 saturated carbocycles. The van der Waals surface area contributed by atoms with Crippen LogP contribution in [-0.4, -0.2) is 32.6 Å². The highest BCUT2D eigenvalue weighted by atomic mass is 16.4. The first-order chi connectivity index (χ1) is 7.41. The van der Waals surface area contributed by atoms with E-state index < -0.39 is 12.0 Å². The fourth-order valence-electron chi connectivity index (χ4n) is 1.36. The lowest BCUT2D eigenvalue weighted by atomic mass is 10.2. The van der Waals surface area contributed by atoms with Crippen LogP contribution < -0.4 is 5.32 Å². The number of aromatic nitrogens is 2. The molecule has 1 amide bonds. The second kappa shape index (κ2) is 4.78. The van der Waals surface area contributed by atoms with E-state index in [-0.39, 0.29) is 12.5 Å². The van der Waals surface area contributed by atoms with Gasteiger partial charge in [-0.05, 0) is 13.8 Å². The Morgan fingerprint density at radius 3 is 2.56 bits per heavy atom. The first-order valence-corrected chi connectivity index (χ1v) is 4.90. The van der Waals surface area contributed by atoms with Crippen molar-refractivity contribution in [3.05, 3.63) is 17.7 Å². The van der Waals surface area contributed by atoms with Crippen LogP contribution in [0.1, 0.15) is 18.3 Å². The summed E-state index contributed by atoms with van der Waals surface area (Å²) in [6.45, 7) is 5.18. The number of carboxylic acid groups (broad SMARTS) is 1. The lowest BCUT2D eigenvalue weighted by Crippen LogP contribution is -2.42. The van der Waals surface area contributed by atoms with Crippen LogP contribution in [0.5, 0.6) is 0 Å². The molecule has 1 atom stereocenters. The van der Waals surface area contributed by atoms with Crippen molar-refractivity contribution in [2.75, 3.05) is 0 Å². The van der Waals surface area contributed by atoms with Gasteiger partial charge in [-0.1, -0.05) is 0 Å². The Hall–Kier alpha value is -1.85. The van der Waals surface area contributed by atoms with E-state index in [1.165, 1.54) is 6.92 Å². The van der Waals surface area contributed by atoms with Gasteiger partial charge in [0.05, 0.1) is 18.6 Å². The summed E-state index contributed by atoms with van der Waals surface area (Å²) in [6, 6.07) is -0.926. The molecule has 88 valence electrons. The largest absolute Gasteiger partial charge is 0.480 e. The lowest BCUT2D eigenvalue weighted by Gasteiger charge is -2.14. The minimum Gasteiger partial charge on any atom is -0.480 e. The molecule has 1 heterocycles. The van der Waals surface area contributed by atoms with Crippen molar-refractivity contribution in [1.82, 2.24) is 14.9 Å². The minimum absolute atomic E-state index is 0.182. The van der Waals surface area contributed by atoms with Crippen LogP contribution in [0.25, 0.3) is 0 Å². The van der Waals surface area contributed by atoms with Gasteiger partial charge in [0.25, 0.3) is 0 Å². The smallest absolute Gasteiger partial charge is 0.328 e. The Kier molecular flexibility index (Phi) is 3.65. The molecule has 1 rings (SSSR count). The van der Waals surface area contributed by atoms with Crippen LogP contribution in [0.3, 0.4) is 0 Å². The molecule has 2 N–H and O–H groups in total. The molecule has 0 saturated heterocycles. The van der Waals surface area contributed by atoms with Gasteiger partial charge in [0.1, 0.15) is 6.04 Å². The number of aryl methyl sites for hydroxylation is 1. The average Bonchev–Trinajstić information content (AvgIpc) is 2.47. The average molecular weight is 225 g/mol. The van der Waals surface area contributed by atoms with Crippen molar-refractivity contribution in [2.24, 2.45) is 0 Å². The number of amides is 1. The van der Waals surface area contributed by atoms with Crippen molar-refractivity contribution in [3.63, 3.8) is 0 Å². The van der Waals surface area contributed by atoms with Gasteiger partial charge in [0.15, 0.2) is 0 Å². The summed E-state index contributed by atoms with van der Waals surface area (Å²) in [7, 11) is 0. The Morgan fingerprint density at radius 1 is 1.56 bits per heavy atom. The number of carbonyl (C=O) groups excluding carboxylic acids is 1. The molecule has 1 aromatic heterocycles. The second-order valence-corrected chi connectivity index (χ2v) is 3.66. The van der Waals surface area contributed by atoms with E-state index in [4.69, 9.17) is 5.11 Å². The van der Waals surface area contributed by atoms with Crippen LogP contribution in [0.4, 0.5) is 0 Å². The molecule has 0 aromatic carbocycles. The lowest BCUT2D eigenvalue weighted by molar-refractivity contribution is -0.141. The number of rotatable bonds is 4. The summed E-state index contributed by atoms with van der Waals surface area (Å²) in [5, 5.41) is 11.3. The SMILES string of the molecule is CC(=O)NC(Cn1cnc(C)c1C)C(=O)O. The fraction of sp³-hybridized carbons (Fsp3) is 0.500. The molecular formula is C10H15N3O3. The topological polar surface area (TPSA) is 84.2 Å². The first-order valence-electron chi connectivity index (χ1n) is 4.90. The predicted octanol–water partition coefficient (Wildman–Crippen LogP) is 0.0892. The summed E-state index contributed by atoms with van der Waals surface area (Å²) in [4.78, 5) is 25.8. The number of carboxylic acids is 1. The number of hydrogen-bond donors (Lipinski definition) is 2. The zero-order valence-corrected chi connectivity index (χ0v) is 9.52. The maximum absolute atomic E-state index is 10.9. The van der Waals surface area contributed by atoms with Crippen molar-refractivity contribution in [3.8, 4) is 0 Å². The molecule has 0 bridgehead atoms. The standard InChI is InChI=1S/C10H15N3O3/c1-6-7(2)13(5-11-6)4-9(10(15)16)12-8(3)14/h5,9H,4H2,1-3H3,(H,12,14)(H,15,16). The number of imidazole rings is 1. The molecule has 0 fully saturated rings. The van der Waals surface area contributed by atoms with Gasteiger partial charge in [-0.25, -0.2) is 9.78 Å². The quantitative estimate of drug-likeness (QED) is 0.760. The molecule has 0 aliphatic carbocycles. The van der Waals surface area contributed by atoms with E-state index >= 15 is 0 Å². The van der Waals surface area contributed by atoms with Gasteiger partial charge in [-0.15, -0.1) is 0 Å². The number of hydrogen-bond acceptors (Lipinski definition) is 3. The maximum atomic E-state index is 10.9. The number of carbonyl (C=O) groups is 2. The molecule has 0 aliphatic rings.